The number of ether oxygens (including phenoxy) is 5. The third-order valence-electron chi connectivity index (χ3n) is 14.3. The van der Waals surface area contributed by atoms with Crippen molar-refractivity contribution in [2.24, 2.45) is 23.5 Å². The van der Waals surface area contributed by atoms with Gasteiger partial charge in [-0.15, -0.1) is 11.8 Å². The lowest BCUT2D eigenvalue weighted by Crippen LogP contribution is -2.63. The zero-order valence-electron chi connectivity index (χ0n) is 41.1. The lowest BCUT2D eigenvalue weighted by Gasteiger charge is -2.42. The molecule has 19 nitrogen and oxygen atoms in total. The monoisotopic (exact) mass is 1020 g/mol. The topological polar surface area (TPSA) is 258 Å². The van der Waals surface area contributed by atoms with Gasteiger partial charge in [-0.2, -0.15) is 0 Å². The van der Waals surface area contributed by atoms with Crippen molar-refractivity contribution in [3.63, 3.8) is 0 Å². The summed E-state index contributed by atoms with van der Waals surface area (Å²) in [5, 5.41) is 19.9. The van der Waals surface area contributed by atoms with Gasteiger partial charge in [0.05, 0.1) is 30.6 Å². The van der Waals surface area contributed by atoms with Crippen LogP contribution in [0.3, 0.4) is 0 Å². The highest BCUT2D eigenvalue weighted by Gasteiger charge is 2.64. The van der Waals surface area contributed by atoms with Crippen molar-refractivity contribution in [2.45, 2.75) is 139 Å². The normalized spacial score (nSPS) is 32.0. The highest BCUT2D eigenvalue weighted by molar-refractivity contribution is 8.00. The molecule has 0 aromatic heterocycles. The molecule has 4 fully saturated rings. The third-order valence-corrected chi connectivity index (χ3v) is 15.9. The Bertz CT molecular complexity index is 2210. The summed E-state index contributed by atoms with van der Waals surface area (Å²) in [5.74, 6) is -2.20. The van der Waals surface area contributed by atoms with Crippen LogP contribution in [0, 0.1) is 17.8 Å². The molecule has 1 aromatic carbocycles. The number of hydrogen-bond acceptors (Lipinski definition) is 15. The number of nitrogens with one attached hydrogen (secondary N) is 3. The van der Waals surface area contributed by atoms with E-state index in [9.17, 15) is 38.7 Å². The second-order valence-corrected chi connectivity index (χ2v) is 21.0. The summed E-state index contributed by atoms with van der Waals surface area (Å²) < 4.78 is 29.4. The van der Waals surface area contributed by atoms with E-state index in [0.29, 0.717) is 56.7 Å². The van der Waals surface area contributed by atoms with Crippen LogP contribution in [0.5, 0.6) is 5.75 Å². The van der Waals surface area contributed by atoms with E-state index in [0.717, 1.165) is 17.6 Å². The molecule has 4 bridgehead atoms. The molecule has 0 spiro atoms. The van der Waals surface area contributed by atoms with E-state index in [1.54, 1.807) is 45.1 Å². The average Bonchev–Trinajstić information content (AvgIpc) is 3.95. The van der Waals surface area contributed by atoms with Crippen LogP contribution in [0.15, 0.2) is 35.9 Å². The van der Waals surface area contributed by atoms with Gasteiger partial charge in [0.2, 0.25) is 29.5 Å². The molecule has 1 unspecified atom stereocenters. The maximum atomic E-state index is 14.1. The van der Waals surface area contributed by atoms with Crippen molar-refractivity contribution in [2.75, 3.05) is 52.0 Å². The number of allylic oxidation sites excluding steroid dienone is 3. The average molecular weight is 1020 g/mol. The van der Waals surface area contributed by atoms with Gasteiger partial charge < -0.3 is 50.1 Å². The van der Waals surface area contributed by atoms with E-state index < -0.39 is 70.9 Å². The Balaban J connectivity index is 1.09. The number of methoxy groups -OCH3 is 2. The largest absolute Gasteiger partial charge is 0.495 e. The highest BCUT2D eigenvalue weighted by Crippen LogP contribution is 2.49. The predicted molar refractivity (Wildman–Crippen MR) is 261 cm³/mol. The van der Waals surface area contributed by atoms with Crippen LogP contribution >= 0.6 is 23.4 Å². The van der Waals surface area contributed by atoms with E-state index in [1.165, 1.54) is 42.8 Å². The number of carbonyl (C=O) groups excluding carboxylic acids is 7. The number of carbonyl (C=O) groups is 7. The number of imide groups is 1. The first-order chi connectivity index (χ1) is 33.2. The number of rotatable bonds is 15. The standard InChI is InChI=1S/C49H69ClN6O13S/c1-27-10-8-11-37(66-7)49(64)25-35(67-47(63)54-49)28(2)43-48(4,69-43)38(24-40(58)53-33-21-31(20-27)22-34(65-6)42(33)50)68-46(62)29(3)55(5)44(60)32-14-12-30(13-15-32)26-52-39(57)16-18-56-41(59)23-36(45(56)61)70-19-9-17-51/h8,10-11,21-22,28-30,32,35-38,43,64H,9,12-20,23-26,51H2,1-7H3,(H,52,57)(H,53,58)(H,54,63)/b11-8+,27-10+/t28-,29-,30?,32?,35+,36?,37-,38+,43+,48+,49+/m1/s1. The van der Waals surface area contributed by atoms with Gasteiger partial charge in [0, 0.05) is 58.3 Å². The van der Waals surface area contributed by atoms with Gasteiger partial charge >= 0.3 is 12.1 Å². The SMILES string of the molecule is COc1cc2cc(c1Cl)NC(=O)C[C@H](OC(=O)[C@@H](C)N(C)C(=O)C1CCC(CNC(=O)CCN3C(=O)CC(SCCCN)C3=O)CC1)[C@]1(C)O[C@H]1[C@H](C)[C@@H]1C[C@@](O)(NC(=O)O1)[C@H](OC)/C=C/C=C(\C)C2. The van der Waals surface area contributed by atoms with Crippen LogP contribution in [-0.4, -0.2) is 150 Å². The molecule has 1 aromatic rings. The number of nitrogens with zero attached hydrogens (tertiary/aromatic N) is 2. The summed E-state index contributed by atoms with van der Waals surface area (Å²) >= 11 is 8.13. The molecule has 6 rings (SSSR count). The van der Waals surface area contributed by atoms with Crippen molar-refractivity contribution in [3.05, 3.63) is 46.5 Å². The summed E-state index contributed by atoms with van der Waals surface area (Å²) in [7, 11) is 4.42. The van der Waals surface area contributed by atoms with Crippen molar-refractivity contribution in [3.8, 4) is 5.75 Å². The Morgan fingerprint density at radius 3 is 2.54 bits per heavy atom. The first kappa shape index (κ1) is 54.6. The summed E-state index contributed by atoms with van der Waals surface area (Å²) in [5.41, 5.74) is 4.34. The van der Waals surface area contributed by atoms with E-state index in [-0.39, 0.29) is 78.4 Å². The number of thioether (sulfide) groups is 1. The number of fused-ring (bicyclic) bond motifs is 5. The first-order valence-electron chi connectivity index (χ1n) is 24.0. The minimum Gasteiger partial charge on any atom is -0.495 e. The highest BCUT2D eigenvalue weighted by atomic mass is 35.5. The number of halogens is 1. The van der Waals surface area contributed by atoms with E-state index in [4.69, 9.17) is 41.0 Å². The molecule has 9 atom stereocenters. The molecule has 386 valence electrons. The molecule has 4 heterocycles. The zero-order valence-corrected chi connectivity index (χ0v) is 42.7. The smallest absolute Gasteiger partial charge is 0.409 e. The van der Waals surface area contributed by atoms with Gasteiger partial charge in [0.25, 0.3) is 0 Å². The van der Waals surface area contributed by atoms with Crippen LogP contribution in [0.2, 0.25) is 5.02 Å². The molecular formula is C49H69ClN6O13S. The lowest BCUT2D eigenvalue weighted by molar-refractivity contribution is -0.163. The van der Waals surface area contributed by atoms with Gasteiger partial charge in [-0.1, -0.05) is 42.3 Å². The molecule has 1 aliphatic carbocycles. The van der Waals surface area contributed by atoms with Gasteiger partial charge in [0.1, 0.15) is 40.7 Å². The molecular weight excluding hydrogens is 948 g/mol. The summed E-state index contributed by atoms with van der Waals surface area (Å²) in [6.45, 7) is 7.85. The fraction of sp³-hybridized carbons (Fsp3) is 0.653. The van der Waals surface area contributed by atoms with Gasteiger partial charge in [-0.25, -0.2) is 9.59 Å². The number of alkyl carbamates (subject to hydrolysis) is 1. The number of likely N-dealkylation sites (N-methyl/N-ethyl adjacent to an activating group) is 1. The van der Waals surface area contributed by atoms with Crippen LogP contribution in [0.25, 0.3) is 0 Å². The molecule has 4 aliphatic heterocycles. The minimum absolute atomic E-state index is 0.00122. The Labute approximate surface area is 418 Å². The number of hydrogen-bond donors (Lipinski definition) is 5. The van der Waals surface area contributed by atoms with Crippen molar-refractivity contribution >= 4 is 70.6 Å². The Morgan fingerprint density at radius 1 is 1.13 bits per heavy atom. The minimum atomic E-state index is -1.86. The predicted octanol–water partition coefficient (Wildman–Crippen LogP) is 4.01. The second kappa shape index (κ2) is 23.7. The molecule has 6 N–H and O–H groups in total. The van der Waals surface area contributed by atoms with Crippen LogP contribution < -0.4 is 26.4 Å². The second-order valence-electron chi connectivity index (χ2n) is 19.3. The van der Waals surface area contributed by atoms with Crippen LogP contribution in [0.4, 0.5) is 10.5 Å². The van der Waals surface area contributed by atoms with Crippen molar-refractivity contribution in [1.29, 1.82) is 0 Å². The van der Waals surface area contributed by atoms with Gasteiger partial charge in [-0.05, 0) is 95.2 Å². The maximum Gasteiger partial charge on any atom is 0.409 e. The summed E-state index contributed by atoms with van der Waals surface area (Å²) in [6, 6.07) is 2.42. The third kappa shape index (κ3) is 13.0. The first-order valence-corrected chi connectivity index (χ1v) is 25.5. The van der Waals surface area contributed by atoms with Crippen LogP contribution in [-0.2, 0) is 54.1 Å². The molecule has 3 saturated heterocycles. The number of likely N-dealkylation sites (tertiary alicyclic amines) is 1. The number of amides is 6. The lowest BCUT2D eigenvalue weighted by atomic mass is 9.81. The number of nitrogens with two attached hydrogens (primary N) is 1. The van der Waals surface area contributed by atoms with Crippen molar-refractivity contribution in [1.82, 2.24) is 20.4 Å². The Hall–Kier alpha value is -4.73. The molecule has 21 heteroatoms. The Morgan fingerprint density at radius 2 is 1.86 bits per heavy atom. The molecule has 70 heavy (non-hydrogen) atoms. The molecule has 0 radical (unpaired) electrons. The van der Waals surface area contributed by atoms with E-state index >= 15 is 0 Å². The zero-order chi connectivity index (χ0) is 51.1. The molecule has 1 saturated carbocycles. The van der Waals surface area contributed by atoms with Crippen molar-refractivity contribution < 1.29 is 62.4 Å². The Kier molecular flexibility index (Phi) is 18.5. The number of epoxide rings is 1. The number of anilines is 1. The van der Waals surface area contributed by atoms with Gasteiger partial charge in [0.15, 0.2) is 5.72 Å². The van der Waals surface area contributed by atoms with Crippen LogP contribution in [0.1, 0.15) is 91.0 Å². The van der Waals surface area contributed by atoms with E-state index in [2.05, 4.69) is 16.0 Å². The van der Waals surface area contributed by atoms with Gasteiger partial charge in [-0.3, -0.25) is 34.2 Å². The fourth-order valence-corrected chi connectivity index (χ4v) is 11.2. The summed E-state index contributed by atoms with van der Waals surface area (Å²) in [4.78, 5) is 95.5. The fourth-order valence-electron chi connectivity index (χ4n) is 9.78. The number of benzene rings is 1. The maximum absolute atomic E-state index is 14.1. The number of aliphatic hydroxyl groups is 1. The summed E-state index contributed by atoms with van der Waals surface area (Å²) in [6.07, 6.45) is 3.77. The molecule has 5 aliphatic rings. The quantitative estimate of drug-likeness (QED) is 0.0720. The van der Waals surface area contributed by atoms with E-state index in [1.807, 2.05) is 13.0 Å². The number of esters is 1. The molecule has 6 amide bonds.